The van der Waals surface area contributed by atoms with Crippen molar-refractivity contribution in [2.45, 2.75) is 6.61 Å². The molecular formula is C17H15ClN2O4. The number of hydrogen-bond acceptors (Lipinski definition) is 5. The fourth-order valence-corrected chi connectivity index (χ4v) is 2.44. The van der Waals surface area contributed by atoms with E-state index in [1.165, 1.54) is 14.2 Å². The molecule has 0 radical (unpaired) electrons. The first-order valence-corrected chi connectivity index (χ1v) is 7.52. The number of methoxy groups -OCH3 is 2. The SMILES string of the molecule is COc1ccc2c(=O)[nH]c(COc3ccc(Cl)cc3)nc2c1OC. The number of H-pyrrole nitrogens is 1. The summed E-state index contributed by atoms with van der Waals surface area (Å²) < 4.78 is 16.2. The lowest BCUT2D eigenvalue weighted by Gasteiger charge is -2.11. The van der Waals surface area contributed by atoms with Crippen molar-refractivity contribution in [1.29, 1.82) is 0 Å². The average molecular weight is 347 g/mol. The number of benzene rings is 2. The Morgan fingerprint density at radius 1 is 1.08 bits per heavy atom. The van der Waals surface area contributed by atoms with Crippen LogP contribution in [0.1, 0.15) is 5.82 Å². The number of aromatic amines is 1. The van der Waals surface area contributed by atoms with Gasteiger partial charge in [0.05, 0.1) is 19.6 Å². The fourth-order valence-electron chi connectivity index (χ4n) is 2.32. The van der Waals surface area contributed by atoms with Crippen LogP contribution in [0.15, 0.2) is 41.2 Å². The Hall–Kier alpha value is -2.73. The smallest absolute Gasteiger partial charge is 0.259 e. The third-order valence-electron chi connectivity index (χ3n) is 3.46. The second-order valence-corrected chi connectivity index (χ2v) is 5.39. The average Bonchev–Trinajstić information content (AvgIpc) is 2.60. The van der Waals surface area contributed by atoms with Gasteiger partial charge in [0.1, 0.15) is 23.7 Å². The second-order valence-electron chi connectivity index (χ2n) is 4.95. The zero-order valence-electron chi connectivity index (χ0n) is 13.1. The van der Waals surface area contributed by atoms with Gasteiger partial charge in [-0.25, -0.2) is 4.98 Å². The lowest BCUT2D eigenvalue weighted by molar-refractivity contribution is 0.296. The maximum Gasteiger partial charge on any atom is 0.259 e. The molecule has 0 spiro atoms. The molecule has 6 nitrogen and oxygen atoms in total. The van der Waals surface area contributed by atoms with Crippen molar-refractivity contribution in [1.82, 2.24) is 9.97 Å². The predicted octanol–water partition coefficient (Wildman–Crippen LogP) is 3.17. The Morgan fingerprint density at radius 2 is 1.83 bits per heavy atom. The quantitative estimate of drug-likeness (QED) is 0.768. The third kappa shape index (κ3) is 3.14. The van der Waals surface area contributed by atoms with E-state index in [2.05, 4.69) is 9.97 Å². The molecule has 1 aromatic heterocycles. The molecule has 0 saturated carbocycles. The highest BCUT2D eigenvalue weighted by Gasteiger charge is 2.14. The third-order valence-corrected chi connectivity index (χ3v) is 3.71. The first-order chi connectivity index (χ1) is 11.6. The largest absolute Gasteiger partial charge is 0.493 e. The molecule has 0 bridgehead atoms. The molecule has 0 saturated heterocycles. The van der Waals surface area contributed by atoms with E-state index < -0.39 is 0 Å². The molecule has 7 heteroatoms. The van der Waals surface area contributed by atoms with Gasteiger partial charge in [0.15, 0.2) is 11.5 Å². The molecule has 1 N–H and O–H groups in total. The van der Waals surface area contributed by atoms with Gasteiger partial charge in [-0.05, 0) is 36.4 Å². The number of ether oxygens (including phenoxy) is 3. The Kier molecular flexibility index (Phi) is 4.57. The van der Waals surface area contributed by atoms with Crippen LogP contribution in [0.4, 0.5) is 0 Å². The van der Waals surface area contributed by atoms with Crippen LogP contribution in [0.25, 0.3) is 10.9 Å². The van der Waals surface area contributed by atoms with Crippen LogP contribution in [0.5, 0.6) is 17.2 Å². The van der Waals surface area contributed by atoms with E-state index in [4.69, 9.17) is 25.8 Å². The van der Waals surface area contributed by atoms with Gasteiger partial charge < -0.3 is 19.2 Å². The van der Waals surface area contributed by atoms with E-state index in [0.29, 0.717) is 39.0 Å². The molecule has 0 aliphatic heterocycles. The molecule has 3 aromatic rings. The molecule has 2 aromatic carbocycles. The summed E-state index contributed by atoms with van der Waals surface area (Å²) in [5.41, 5.74) is 0.158. The maximum atomic E-state index is 12.3. The molecule has 3 rings (SSSR count). The number of hydrogen-bond donors (Lipinski definition) is 1. The summed E-state index contributed by atoms with van der Waals surface area (Å²) in [4.78, 5) is 19.4. The van der Waals surface area contributed by atoms with Crippen molar-refractivity contribution >= 4 is 22.5 Å². The van der Waals surface area contributed by atoms with E-state index in [1.807, 2.05) is 0 Å². The molecule has 0 unspecified atom stereocenters. The zero-order chi connectivity index (χ0) is 17.1. The van der Waals surface area contributed by atoms with E-state index in [-0.39, 0.29) is 12.2 Å². The number of rotatable bonds is 5. The van der Waals surface area contributed by atoms with Crippen LogP contribution in [0.2, 0.25) is 5.02 Å². The van der Waals surface area contributed by atoms with Crippen LogP contribution in [-0.2, 0) is 6.61 Å². The van der Waals surface area contributed by atoms with Gasteiger partial charge in [0.2, 0.25) is 0 Å². The number of aromatic nitrogens is 2. The lowest BCUT2D eigenvalue weighted by atomic mass is 10.2. The maximum absolute atomic E-state index is 12.3. The van der Waals surface area contributed by atoms with Crippen molar-refractivity contribution in [2.75, 3.05) is 14.2 Å². The van der Waals surface area contributed by atoms with Gasteiger partial charge in [0, 0.05) is 5.02 Å². The monoisotopic (exact) mass is 346 g/mol. The molecule has 0 aliphatic rings. The number of nitrogens with zero attached hydrogens (tertiary/aromatic N) is 1. The van der Waals surface area contributed by atoms with E-state index in [1.54, 1.807) is 36.4 Å². The molecule has 24 heavy (non-hydrogen) atoms. The first-order valence-electron chi connectivity index (χ1n) is 7.14. The van der Waals surface area contributed by atoms with Crippen molar-refractivity contribution in [3.8, 4) is 17.2 Å². The van der Waals surface area contributed by atoms with Gasteiger partial charge in [-0.15, -0.1) is 0 Å². The molecule has 0 aliphatic carbocycles. The van der Waals surface area contributed by atoms with Crippen LogP contribution < -0.4 is 19.8 Å². The minimum absolute atomic E-state index is 0.104. The summed E-state index contributed by atoms with van der Waals surface area (Å²) >= 11 is 5.84. The minimum Gasteiger partial charge on any atom is -0.493 e. The zero-order valence-corrected chi connectivity index (χ0v) is 13.9. The fraction of sp³-hybridized carbons (Fsp3) is 0.176. The molecule has 1 heterocycles. The number of nitrogens with one attached hydrogen (secondary N) is 1. The van der Waals surface area contributed by atoms with Gasteiger partial charge in [-0.2, -0.15) is 0 Å². The number of halogens is 1. The van der Waals surface area contributed by atoms with Crippen LogP contribution >= 0.6 is 11.6 Å². The second kappa shape index (κ2) is 6.80. The minimum atomic E-state index is -0.268. The molecular weight excluding hydrogens is 332 g/mol. The Labute approximate surface area is 143 Å². The summed E-state index contributed by atoms with van der Waals surface area (Å²) in [7, 11) is 3.03. The van der Waals surface area contributed by atoms with E-state index in [0.717, 1.165) is 0 Å². The van der Waals surface area contributed by atoms with E-state index in [9.17, 15) is 4.79 Å². The molecule has 124 valence electrons. The van der Waals surface area contributed by atoms with Crippen LogP contribution in [0.3, 0.4) is 0 Å². The van der Waals surface area contributed by atoms with Crippen molar-refractivity contribution < 1.29 is 14.2 Å². The summed E-state index contributed by atoms with van der Waals surface area (Å²) in [5.74, 6) is 1.93. The highest BCUT2D eigenvalue weighted by Crippen LogP contribution is 2.32. The summed E-state index contributed by atoms with van der Waals surface area (Å²) in [6, 6.07) is 10.2. The lowest BCUT2D eigenvalue weighted by Crippen LogP contribution is -2.14. The van der Waals surface area contributed by atoms with E-state index >= 15 is 0 Å². The van der Waals surface area contributed by atoms with Crippen molar-refractivity contribution in [2.24, 2.45) is 0 Å². The Morgan fingerprint density at radius 3 is 2.50 bits per heavy atom. The topological polar surface area (TPSA) is 73.4 Å². The van der Waals surface area contributed by atoms with Crippen LogP contribution in [0, 0.1) is 0 Å². The van der Waals surface area contributed by atoms with Gasteiger partial charge in [0.25, 0.3) is 5.56 Å². The van der Waals surface area contributed by atoms with Crippen molar-refractivity contribution in [3.05, 3.63) is 57.6 Å². The molecule has 0 amide bonds. The predicted molar refractivity (Wildman–Crippen MR) is 91.3 cm³/mol. The number of fused-ring (bicyclic) bond motifs is 1. The Bertz CT molecular complexity index is 922. The molecule has 0 fully saturated rings. The summed E-state index contributed by atoms with van der Waals surface area (Å²) in [5, 5.41) is 1.04. The standard InChI is InChI=1S/C17H15ClN2O4/c1-22-13-8-7-12-15(16(13)23-2)19-14(20-17(12)21)9-24-11-5-3-10(18)4-6-11/h3-8H,9H2,1-2H3,(H,19,20,21). The van der Waals surface area contributed by atoms with Crippen molar-refractivity contribution in [3.63, 3.8) is 0 Å². The molecule has 0 atom stereocenters. The Balaban J connectivity index is 1.96. The summed E-state index contributed by atoms with van der Waals surface area (Å²) in [6.07, 6.45) is 0. The first kappa shape index (κ1) is 16.1. The summed E-state index contributed by atoms with van der Waals surface area (Å²) in [6.45, 7) is 0.104. The van der Waals surface area contributed by atoms with Gasteiger partial charge >= 0.3 is 0 Å². The highest BCUT2D eigenvalue weighted by atomic mass is 35.5. The van der Waals surface area contributed by atoms with Crippen LogP contribution in [-0.4, -0.2) is 24.2 Å². The highest BCUT2D eigenvalue weighted by molar-refractivity contribution is 6.30. The van der Waals surface area contributed by atoms with Gasteiger partial charge in [-0.3, -0.25) is 4.79 Å². The van der Waals surface area contributed by atoms with Gasteiger partial charge in [-0.1, -0.05) is 11.6 Å². The normalized spacial score (nSPS) is 10.6.